The second-order valence-electron chi connectivity index (χ2n) is 10.8. The van der Waals surface area contributed by atoms with E-state index in [2.05, 4.69) is 36.3 Å². The number of carbonyl (C=O) groups is 2. The van der Waals surface area contributed by atoms with Crippen molar-refractivity contribution in [1.82, 2.24) is 15.2 Å². The van der Waals surface area contributed by atoms with E-state index < -0.39 is 23.3 Å². The van der Waals surface area contributed by atoms with Gasteiger partial charge in [0.05, 0.1) is 17.8 Å². The van der Waals surface area contributed by atoms with Gasteiger partial charge in [-0.05, 0) is 75.1 Å². The summed E-state index contributed by atoms with van der Waals surface area (Å²) in [6.45, 7) is 7.64. The molecule has 1 saturated carbocycles. The van der Waals surface area contributed by atoms with Crippen LogP contribution in [0.4, 0.5) is 23.7 Å². The summed E-state index contributed by atoms with van der Waals surface area (Å²) in [6, 6.07) is 8.22. The molecule has 1 N–H and O–H groups in total. The van der Waals surface area contributed by atoms with Crippen LogP contribution in [0.5, 0.6) is 0 Å². The Balaban J connectivity index is 1.39. The normalized spacial score (nSPS) is 27.5. The Kier molecular flexibility index (Phi) is 6.87. The molecule has 1 aromatic carbocycles. The standard InChI is InChI=1S/C28H33F3N4O3/c1-4-34-23-8-6-18(13-22(23)27(3)10-12-38-16-35(27)26(34)37)21-15-20(7-5-17(21)2)33-25(36)19-9-11-32-24(14-19)28(29,30)31/h6,8-9,11,13-14,17,20-21H,4-5,7,10,12,15-16H2,1-3H3,(H,33,36)/t17?,20?,21-,27?/m1/s1. The highest BCUT2D eigenvalue weighted by Crippen LogP contribution is 2.47. The molecule has 2 aliphatic heterocycles. The fourth-order valence-electron chi connectivity index (χ4n) is 6.17. The number of fused-ring (bicyclic) bond motifs is 3. The van der Waals surface area contributed by atoms with Crippen molar-refractivity contribution in [2.45, 2.75) is 70.1 Å². The Morgan fingerprint density at radius 1 is 1.24 bits per heavy atom. The van der Waals surface area contributed by atoms with Crippen LogP contribution >= 0.6 is 0 Å². The number of aromatic nitrogens is 1. The topological polar surface area (TPSA) is 74.8 Å². The average Bonchev–Trinajstić information content (AvgIpc) is 2.89. The molecule has 3 heterocycles. The molecule has 0 bridgehead atoms. The zero-order valence-corrected chi connectivity index (χ0v) is 21.8. The Morgan fingerprint density at radius 3 is 2.76 bits per heavy atom. The van der Waals surface area contributed by atoms with Gasteiger partial charge in [-0.15, -0.1) is 0 Å². The molecule has 0 radical (unpaired) electrons. The minimum absolute atomic E-state index is 0.0476. The highest BCUT2D eigenvalue weighted by molar-refractivity contribution is 5.96. The summed E-state index contributed by atoms with van der Waals surface area (Å²) in [5.41, 5.74) is 1.59. The molecule has 2 aromatic rings. The average molecular weight is 531 g/mol. The van der Waals surface area contributed by atoms with Gasteiger partial charge >= 0.3 is 12.2 Å². The molecular weight excluding hydrogens is 497 g/mol. The first-order valence-corrected chi connectivity index (χ1v) is 13.2. The lowest BCUT2D eigenvalue weighted by molar-refractivity contribution is -0.141. The van der Waals surface area contributed by atoms with Gasteiger partial charge in [-0.2, -0.15) is 13.2 Å². The van der Waals surface area contributed by atoms with E-state index in [0.717, 1.165) is 41.9 Å². The van der Waals surface area contributed by atoms with E-state index in [-0.39, 0.29) is 30.3 Å². The molecule has 1 aromatic heterocycles. The van der Waals surface area contributed by atoms with Gasteiger partial charge < -0.3 is 10.1 Å². The highest BCUT2D eigenvalue weighted by Gasteiger charge is 2.47. The number of anilines is 1. The number of ether oxygens (including phenoxy) is 1. The van der Waals surface area contributed by atoms with Crippen LogP contribution in [0.1, 0.15) is 79.6 Å². The highest BCUT2D eigenvalue weighted by atomic mass is 19.4. The number of urea groups is 1. The monoisotopic (exact) mass is 530 g/mol. The fraction of sp³-hybridized carbons (Fsp3) is 0.536. The van der Waals surface area contributed by atoms with Crippen molar-refractivity contribution in [3.63, 3.8) is 0 Å². The molecule has 5 rings (SSSR count). The maximum absolute atomic E-state index is 13.2. The fourth-order valence-corrected chi connectivity index (χ4v) is 6.17. The van der Waals surface area contributed by atoms with Gasteiger partial charge in [-0.3, -0.25) is 19.6 Å². The predicted octanol–water partition coefficient (Wildman–Crippen LogP) is 5.66. The van der Waals surface area contributed by atoms with Gasteiger partial charge in [-0.1, -0.05) is 19.1 Å². The summed E-state index contributed by atoms with van der Waals surface area (Å²) in [7, 11) is 0. The maximum atomic E-state index is 13.2. The number of hydrogen-bond donors (Lipinski definition) is 1. The summed E-state index contributed by atoms with van der Waals surface area (Å²) < 4.78 is 44.8. The summed E-state index contributed by atoms with van der Waals surface area (Å²) in [4.78, 5) is 33.0. The molecule has 1 aliphatic carbocycles. The summed E-state index contributed by atoms with van der Waals surface area (Å²) in [5.74, 6) is 0.00119. The molecule has 0 spiro atoms. The molecule has 38 heavy (non-hydrogen) atoms. The van der Waals surface area contributed by atoms with Gasteiger partial charge in [0.15, 0.2) is 0 Å². The van der Waals surface area contributed by atoms with E-state index >= 15 is 0 Å². The number of alkyl halides is 3. The van der Waals surface area contributed by atoms with Gasteiger partial charge in [-0.25, -0.2) is 4.79 Å². The van der Waals surface area contributed by atoms with Crippen molar-refractivity contribution < 1.29 is 27.5 Å². The molecule has 3 aliphatic rings. The number of rotatable bonds is 4. The van der Waals surface area contributed by atoms with Crippen LogP contribution in [-0.2, 0) is 16.5 Å². The molecule has 10 heteroatoms. The second-order valence-corrected chi connectivity index (χ2v) is 10.8. The SMILES string of the molecule is CCN1C(=O)N2COCCC2(C)c2cc([C@@H]3CC(NC(=O)c4ccnc(C(F)(F)F)c4)CCC3C)ccc21. The molecule has 7 nitrogen and oxygen atoms in total. The first-order valence-electron chi connectivity index (χ1n) is 13.2. The quantitative estimate of drug-likeness (QED) is 0.554. The second kappa shape index (κ2) is 9.87. The Bertz CT molecular complexity index is 1240. The molecule has 3 unspecified atom stereocenters. The Hall–Kier alpha value is -3.14. The third kappa shape index (κ3) is 4.63. The molecule has 2 fully saturated rings. The molecular formula is C28H33F3N4O3. The van der Waals surface area contributed by atoms with Crippen LogP contribution in [0.2, 0.25) is 0 Å². The Labute approximate surface area is 220 Å². The largest absolute Gasteiger partial charge is 0.433 e. The lowest BCUT2D eigenvalue weighted by Crippen LogP contribution is -2.60. The van der Waals surface area contributed by atoms with E-state index in [9.17, 15) is 22.8 Å². The van der Waals surface area contributed by atoms with Gasteiger partial charge in [0, 0.05) is 29.9 Å². The first-order chi connectivity index (χ1) is 18.0. The maximum Gasteiger partial charge on any atom is 0.433 e. The van der Waals surface area contributed by atoms with Crippen molar-refractivity contribution in [1.29, 1.82) is 0 Å². The van der Waals surface area contributed by atoms with Crippen LogP contribution in [0, 0.1) is 5.92 Å². The number of carbonyl (C=O) groups excluding carboxylic acids is 2. The smallest absolute Gasteiger partial charge is 0.361 e. The van der Waals surface area contributed by atoms with E-state index in [4.69, 9.17) is 4.74 Å². The lowest BCUT2D eigenvalue weighted by atomic mass is 9.72. The molecule has 3 amide bonds. The molecule has 204 valence electrons. The number of halogens is 3. The van der Waals surface area contributed by atoms with Crippen molar-refractivity contribution in [2.75, 3.05) is 24.8 Å². The van der Waals surface area contributed by atoms with Crippen LogP contribution in [-0.4, -0.2) is 47.7 Å². The summed E-state index contributed by atoms with van der Waals surface area (Å²) in [6.07, 6.45) is -0.565. The van der Waals surface area contributed by atoms with E-state index in [1.165, 1.54) is 6.07 Å². The van der Waals surface area contributed by atoms with Crippen molar-refractivity contribution in [2.24, 2.45) is 5.92 Å². The number of nitrogens with one attached hydrogen (secondary N) is 1. The van der Waals surface area contributed by atoms with Gasteiger partial charge in [0.2, 0.25) is 0 Å². The third-order valence-electron chi connectivity index (χ3n) is 8.49. The van der Waals surface area contributed by atoms with Crippen molar-refractivity contribution >= 4 is 17.6 Å². The molecule has 1 saturated heterocycles. The predicted molar refractivity (Wildman–Crippen MR) is 136 cm³/mol. The number of pyridine rings is 1. The van der Waals surface area contributed by atoms with E-state index in [1.54, 1.807) is 4.90 Å². The van der Waals surface area contributed by atoms with Crippen LogP contribution in [0.3, 0.4) is 0 Å². The number of nitrogens with zero attached hydrogens (tertiary/aromatic N) is 3. The minimum atomic E-state index is -4.61. The van der Waals surface area contributed by atoms with Crippen molar-refractivity contribution in [3.05, 3.63) is 58.9 Å². The van der Waals surface area contributed by atoms with Gasteiger partial charge in [0.25, 0.3) is 5.91 Å². The third-order valence-corrected chi connectivity index (χ3v) is 8.49. The Morgan fingerprint density at radius 2 is 2.03 bits per heavy atom. The zero-order chi connectivity index (χ0) is 27.2. The van der Waals surface area contributed by atoms with Gasteiger partial charge in [0.1, 0.15) is 12.4 Å². The minimum Gasteiger partial charge on any atom is -0.361 e. The number of amides is 3. The first kappa shape index (κ1) is 26.5. The van der Waals surface area contributed by atoms with Crippen LogP contribution in [0.25, 0.3) is 0 Å². The zero-order valence-electron chi connectivity index (χ0n) is 21.8. The van der Waals surface area contributed by atoms with Crippen LogP contribution in [0.15, 0.2) is 36.5 Å². The summed E-state index contributed by atoms with van der Waals surface area (Å²) in [5, 5.41) is 2.96. The van der Waals surface area contributed by atoms with Crippen LogP contribution < -0.4 is 10.2 Å². The lowest BCUT2D eigenvalue weighted by Gasteiger charge is -2.51. The van der Waals surface area contributed by atoms with Crippen molar-refractivity contribution in [3.8, 4) is 0 Å². The number of hydrogen-bond acceptors (Lipinski definition) is 4. The summed E-state index contributed by atoms with van der Waals surface area (Å²) >= 11 is 0. The number of benzene rings is 1. The van der Waals surface area contributed by atoms with E-state index in [0.29, 0.717) is 31.9 Å². The molecule has 4 atom stereocenters. The van der Waals surface area contributed by atoms with E-state index in [1.807, 2.05) is 17.9 Å².